The van der Waals surface area contributed by atoms with E-state index in [0.29, 0.717) is 36.6 Å². The molecule has 3 heterocycles. The van der Waals surface area contributed by atoms with Crippen LogP contribution in [0, 0.1) is 11.7 Å². The number of fused-ring (bicyclic) bond motifs is 1. The maximum atomic E-state index is 13.3. The van der Waals surface area contributed by atoms with Gasteiger partial charge in [0.05, 0.1) is 0 Å². The van der Waals surface area contributed by atoms with Gasteiger partial charge in [-0.2, -0.15) is 0 Å². The smallest absolute Gasteiger partial charge is 0.253 e. The van der Waals surface area contributed by atoms with E-state index in [9.17, 15) is 14.0 Å². The first-order chi connectivity index (χ1) is 13.5. The van der Waals surface area contributed by atoms with Gasteiger partial charge >= 0.3 is 0 Å². The molecule has 0 N–H and O–H groups in total. The van der Waals surface area contributed by atoms with E-state index in [1.165, 1.54) is 37.1 Å². The third-order valence-electron chi connectivity index (χ3n) is 6.84. The summed E-state index contributed by atoms with van der Waals surface area (Å²) in [7, 11) is 2.18. The summed E-state index contributed by atoms with van der Waals surface area (Å²) in [5.74, 6) is -0.102. The van der Waals surface area contributed by atoms with Crippen LogP contribution in [0.3, 0.4) is 0 Å². The average Bonchev–Trinajstić information content (AvgIpc) is 2.95. The summed E-state index contributed by atoms with van der Waals surface area (Å²) >= 11 is 0. The van der Waals surface area contributed by atoms with Gasteiger partial charge in [-0.3, -0.25) is 9.59 Å². The first-order valence-electron chi connectivity index (χ1n) is 10.6. The zero-order chi connectivity index (χ0) is 19.7. The largest absolute Gasteiger partial charge is 0.339 e. The zero-order valence-corrected chi connectivity index (χ0v) is 16.6. The molecule has 0 bridgehead atoms. The highest BCUT2D eigenvalue weighted by Crippen LogP contribution is 2.31. The first-order valence-corrected chi connectivity index (χ1v) is 10.6. The third-order valence-corrected chi connectivity index (χ3v) is 6.84. The van der Waals surface area contributed by atoms with Crippen molar-refractivity contribution in [3.63, 3.8) is 0 Å². The number of likely N-dealkylation sites (tertiary alicyclic amines) is 3. The van der Waals surface area contributed by atoms with Crippen LogP contribution in [-0.4, -0.2) is 71.8 Å². The number of carbonyl (C=O) groups is 2. The molecular weight excluding hydrogens is 357 g/mol. The molecule has 4 rings (SSSR count). The summed E-state index contributed by atoms with van der Waals surface area (Å²) in [6.07, 6.45) is 5.99. The fourth-order valence-electron chi connectivity index (χ4n) is 5.18. The lowest BCUT2D eigenvalue weighted by Crippen LogP contribution is -2.50. The van der Waals surface area contributed by atoms with E-state index in [0.717, 1.165) is 38.8 Å². The zero-order valence-electron chi connectivity index (χ0n) is 16.6. The van der Waals surface area contributed by atoms with E-state index >= 15 is 0 Å². The molecule has 3 aliphatic heterocycles. The first kappa shape index (κ1) is 19.4. The van der Waals surface area contributed by atoms with Crippen LogP contribution in [0.25, 0.3) is 0 Å². The minimum atomic E-state index is -0.339. The predicted octanol–water partition coefficient (Wildman–Crippen LogP) is 2.76. The van der Waals surface area contributed by atoms with Gasteiger partial charge in [0.15, 0.2) is 0 Å². The maximum absolute atomic E-state index is 13.3. The molecule has 3 saturated heterocycles. The highest BCUT2D eigenvalue weighted by atomic mass is 19.1. The molecular formula is C22H30FN3O2. The molecule has 0 spiro atoms. The normalized spacial score (nSPS) is 26.8. The molecule has 3 fully saturated rings. The number of hydrogen-bond acceptors (Lipinski definition) is 3. The Labute approximate surface area is 166 Å². The number of halogens is 1. The van der Waals surface area contributed by atoms with Crippen molar-refractivity contribution in [2.75, 3.05) is 33.2 Å². The van der Waals surface area contributed by atoms with Crippen molar-refractivity contribution in [3.05, 3.63) is 35.6 Å². The second-order valence-corrected chi connectivity index (χ2v) is 8.50. The lowest BCUT2D eigenvalue weighted by Gasteiger charge is -2.37. The Bertz CT molecular complexity index is 715. The Morgan fingerprint density at radius 2 is 1.61 bits per heavy atom. The number of hydrogen-bond donors (Lipinski definition) is 0. The third kappa shape index (κ3) is 3.79. The van der Waals surface area contributed by atoms with Gasteiger partial charge in [0, 0.05) is 49.7 Å². The second-order valence-electron chi connectivity index (χ2n) is 8.50. The Morgan fingerprint density at radius 3 is 2.32 bits per heavy atom. The highest BCUT2D eigenvalue weighted by molar-refractivity contribution is 5.94. The minimum absolute atomic E-state index is 0.0157. The molecule has 5 nitrogen and oxygen atoms in total. The van der Waals surface area contributed by atoms with Crippen molar-refractivity contribution in [2.24, 2.45) is 5.92 Å². The standard InChI is InChI=1S/C22H30FN3O2/c1-24-13-11-20-19(24)4-2-3-12-26(20)22(28)17-9-14-25(15-10-17)21(27)16-5-7-18(23)8-6-16/h5-8,17,19-20H,2-4,9-15H2,1H3/t19-,20-/m1/s1. The Balaban J connectivity index is 1.37. The van der Waals surface area contributed by atoms with E-state index in [2.05, 4.69) is 16.8 Å². The maximum Gasteiger partial charge on any atom is 0.253 e. The number of nitrogens with zero attached hydrogens (tertiary/aromatic N) is 3. The molecule has 1 aromatic rings. The van der Waals surface area contributed by atoms with Gasteiger partial charge in [-0.15, -0.1) is 0 Å². The molecule has 2 atom stereocenters. The van der Waals surface area contributed by atoms with Crippen molar-refractivity contribution >= 4 is 11.8 Å². The number of amides is 2. The summed E-state index contributed by atoms with van der Waals surface area (Å²) in [5, 5.41) is 0. The molecule has 152 valence electrons. The van der Waals surface area contributed by atoms with Gasteiger partial charge in [0.2, 0.25) is 5.91 Å². The summed E-state index contributed by atoms with van der Waals surface area (Å²) < 4.78 is 13.1. The average molecular weight is 387 g/mol. The van der Waals surface area contributed by atoms with Crippen molar-refractivity contribution in [1.29, 1.82) is 0 Å². The Morgan fingerprint density at radius 1 is 0.893 bits per heavy atom. The van der Waals surface area contributed by atoms with E-state index < -0.39 is 0 Å². The highest BCUT2D eigenvalue weighted by Gasteiger charge is 2.41. The van der Waals surface area contributed by atoms with Crippen molar-refractivity contribution in [1.82, 2.24) is 14.7 Å². The molecule has 3 aliphatic rings. The summed E-state index contributed by atoms with van der Waals surface area (Å²) in [4.78, 5) is 32.3. The molecule has 0 aromatic heterocycles. The van der Waals surface area contributed by atoms with Crippen LogP contribution in [0.15, 0.2) is 24.3 Å². The molecule has 1 aromatic carbocycles. The van der Waals surface area contributed by atoms with Gasteiger partial charge in [-0.25, -0.2) is 4.39 Å². The van der Waals surface area contributed by atoms with Gasteiger partial charge in [-0.1, -0.05) is 6.42 Å². The van der Waals surface area contributed by atoms with Crippen LogP contribution in [0.1, 0.15) is 48.9 Å². The molecule has 0 aliphatic carbocycles. The lowest BCUT2D eigenvalue weighted by atomic mass is 9.93. The lowest BCUT2D eigenvalue weighted by molar-refractivity contribution is -0.139. The van der Waals surface area contributed by atoms with Crippen molar-refractivity contribution in [3.8, 4) is 0 Å². The molecule has 28 heavy (non-hydrogen) atoms. The Hall–Kier alpha value is -1.95. The van der Waals surface area contributed by atoms with E-state index in [1.54, 1.807) is 4.90 Å². The van der Waals surface area contributed by atoms with E-state index in [-0.39, 0.29) is 17.6 Å². The Kier molecular flexibility index (Phi) is 5.67. The van der Waals surface area contributed by atoms with Gasteiger partial charge in [0.1, 0.15) is 5.82 Å². The SMILES string of the molecule is CN1CC[C@@H]2[C@H]1CCCCN2C(=O)C1CCN(C(=O)c2ccc(F)cc2)CC1. The van der Waals surface area contributed by atoms with Crippen LogP contribution >= 0.6 is 0 Å². The quantitative estimate of drug-likeness (QED) is 0.784. The van der Waals surface area contributed by atoms with Crippen LogP contribution in [-0.2, 0) is 4.79 Å². The minimum Gasteiger partial charge on any atom is -0.339 e. The summed E-state index contributed by atoms with van der Waals surface area (Å²) in [5.41, 5.74) is 0.510. The van der Waals surface area contributed by atoms with Crippen molar-refractivity contribution in [2.45, 2.75) is 50.6 Å². The predicted molar refractivity (Wildman–Crippen MR) is 105 cm³/mol. The van der Waals surface area contributed by atoms with Gasteiger partial charge in [0.25, 0.3) is 5.91 Å². The van der Waals surface area contributed by atoms with Crippen LogP contribution < -0.4 is 0 Å². The van der Waals surface area contributed by atoms with Gasteiger partial charge in [-0.05, 0) is 63.4 Å². The number of benzene rings is 1. The number of piperidine rings is 1. The number of likely N-dealkylation sites (N-methyl/N-ethyl adjacent to an activating group) is 1. The van der Waals surface area contributed by atoms with Crippen LogP contribution in [0.2, 0.25) is 0 Å². The summed E-state index contributed by atoms with van der Waals surface area (Å²) in [6.45, 7) is 3.13. The molecule has 0 saturated carbocycles. The fraction of sp³-hybridized carbons (Fsp3) is 0.636. The van der Waals surface area contributed by atoms with Crippen LogP contribution in [0.5, 0.6) is 0 Å². The van der Waals surface area contributed by atoms with Crippen molar-refractivity contribution < 1.29 is 14.0 Å². The topological polar surface area (TPSA) is 43.9 Å². The molecule has 0 unspecified atom stereocenters. The number of rotatable bonds is 2. The summed E-state index contributed by atoms with van der Waals surface area (Å²) in [6, 6.07) is 6.56. The van der Waals surface area contributed by atoms with E-state index in [1.807, 2.05) is 0 Å². The molecule has 6 heteroatoms. The molecule has 2 amide bonds. The number of carbonyl (C=O) groups excluding carboxylic acids is 2. The monoisotopic (exact) mass is 387 g/mol. The van der Waals surface area contributed by atoms with E-state index in [4.69, 9.17) is 0 Å². The second kappa shape index (κ2) is 8.19. The van der Waals surface area contributed by atoms with Crippen LogP contribution in [0.4, 0.5) is 4.39 Å². The van der Waals surface area contributed by atoms with Gasteiger partial charge < -0.3 is 14.7 Å². The molecule has 0 radical (unpaired) electrons. The fourth-order valence-corrected chi connectivity index (χ4v) is 5.18.